The van der Waals surface area contributed by atoms with Gasteiger partial charge in [-0.15, -0.1) is 5.10 Å². The summed E-state index contributed by atoms with van der Waals surface area (Å²) in [6.07, 6.45) is 3.16. The SMILES string of the molecule is Cc1cc(C)c2c(c1)N(C(=O)Cn1cc(C(=O)O)nn1)CCC2. The number of amides is 1. The molecule has 120 valence electrons. The van der Waals surface area contributed by atoms with E-state index in [1.165, 1.54) is 22.0 Å². The normalized spacial score (nSPS) is 13.7. The van der Waals surface area contributed by atoms with Gasteiger partial charge in [0, 0.05) is 12.2 Å². The van der Waals surface area contributed by atoms with Crippen LogP contribution in [-0.2, 0) is 17.8 Å². The van der Waals surface area contributed by atoms with Crippen LogP contribution in [0.5, 0.6) is 0 Å². The molecule has 3 rings (SSSR count). The molecular formula is C16H18N4O3. The molecule has 2 aromatic rings. The quantitative estimate of drug-likeness (QED) is 0.929. The number of aryl methyl sites for hydroxylation is 2. The van der Waals surface area contributed by atoms with Gasteiger partial charge in [-0.3, -0.25) is 4.79 Å². The highest BCUT2D eigenvalue weighted by atomic mass is 16.4. The molecule has 0 radical (unpaired) electrons. The van der Waals surface area contributed by atoms with Crippen molar-refractivity contribution < 1.29 is 14.7 Å². The first-order chi connectivity index (χ1) is 11.0. The van der Waals surface area contributed by atoms with Gasteiger partial charge in [-0.2, -0.15) is 0 Å². The smallest absolute Gasteiger partial charge is 0.358 e. The molecule has 1 aromatic heterocycles. The number of carbonyl (C=O) groups excluding carboxylic acids is 1. The molecule has 0 atom stereocenters. The summed E-state index contributed by atoms with van der Waals surface area (Å²) in [6, 6.07) is 4.16. The number of carboxylic acids is 1. The first-order valence-corrected chi connectivity index (χ1v) is 7.49. The van der Waals surface area contributed by atoms with Crippen LogP contribution in [0.15, 0.2) is 18.3 Å². The van der Waals surface area contributed by atoms with Gasteiger partial charge in [0.1, 0.15) is 6.54 Å². The van der Waals surface area contributed by atoms with E-state index in [1.807, 2.05) is 13.0 Å². The Morgan fingerprint density at radius 1 is 1.30 bits per heavy atom. The van der Waals surface area contributed by atoms with E-state index in [0.29, 0.717) is 6.54 Å². The maximum absolute atomic E-state index is 12.6. The number of rotatable bonds is 3. The van der Waals surface area contributed by atoms with Crippen LogP contribution in [0.1, 0.15) is 33.6 Å². The summed E-state index contributed by atoms with van der Waals surface area (Å²) in [5.74, 6) is -1.27. The van der Waals surface area contributed by atoms with Gasteiger partial charge in [0.15, 0.2) is 5.69 Å². The highest BCUT2D eigenvalue weighted by Crippen LogP contribution is 2.31. The standard InChI is InChI=1S/C16H18N4O3/c1-10-6-11(2)12-4-3-5-20(14(12)7-10)15(21)9-19-8-13(16(22)23)17-18-19/h6-8H,3-5,9H2,1-2H3,(H,22,23). The molecule has 1 amide bonds. The summed E-state index contributed by atoms with van der Waals surface area (Å²) >= 11 is 0. The van der Waals surface area contributed by atoms with Crippen molar-refractivity contribution in [3.05, 3.63) is 40.7 Å². The number of carboxylic acid groups (broad SMARTS) is 1. The minimum Gasteiger partial charge on any atom is -0.476 e. The molecule has 7 heteroatoms. The second-order valence-electron chi connectivity index (χ2n) is 5.83. The summed E-state index contributed by atoms with van der Waals surface area (Å²) < 4.78 is 1.27. The molecule has 0 saturated heterocycles. The van der Waals surface area contributed by atoms with Crippen molar-refractivity contribution >= 4 is 17.6 Å². The Morgan fingerprint density at radius 3 is 2.78 bits per heavy atom. The van der Waals surface area contributed by atoms with Gasteiger partial charge in [-0.05, 0) is 49.4 Å². The minimum atomic E-state index is -1.15. The van der Waals surface area contributed by atoms with Crippen LogP contribution < -0.4 is 4.90 Å². The maximum Gasteiger partial charge on any atom is 0.358 e. The third-order valence-electron chi connectivity index (χ3n) is 4.05. The number of aromatic nitrogens is 3. The van der Waals surface area contributed by atoms with Crippen molar-refractivity contribution in [3.8, 4) is 0 Å². The lowest BCUT2D eigenvalue weighted by atomic mass is 9.95. The third-order valence-corrected chi connectivity index (χ3v) is 4.05. The summed E-state index contributed by atoms with van der Waals surface area (Å²) in [6.45, 7) is 4.72. The van der Waals surface area contributed by atoms with Crippen LogP contribution in [0, 0.1) is 13.8 Å². The molecule has 0 fully saturated rings. The van der Waals surface area contributed by atoms with Crippen molar-refractivity contribution in [1.82, 2.24) is 15.0 Å². The fourth-order valence-electron chi connectivity index (χ4n) is 3.03. The topological polar surface area (TPSA) is 88.3 Å². The maximum atomic E-state index is 12.6. The van der Waals surface area contributed by atoms with E-state index in [4.69, 9.17) is 5.11 Å². The molecule has 1 aromatic carbocycles. The number of hydrogen-bond acceptors (Lipinski definition) is 4. The summed E-state index contributed by atoms with van der Waals surface area (Å²) in [5, 5.41) is 16.1. The first kappa shape index (κ1) is 15.2. The lowest BCUT2D eigenvalue weighted by molar-refractivity contribution is -0.119. The first-order valence-electron chi connectivity index (χ1n) is 7.49. The molecule has 0 aliphatic carbocycles. The van der Waals surface area contributed by atoms with Crippen molar-refractivity contribution in [2.45, 2.75) is 33.2 Å². The van der Waals surface area contributed by atoms with Crippen LogP contribution in [0.25, 0.3) is 0 Å². The van der Waals surface area contributed by atoms with Crippen LogP contribution >= 0.6 is 0 Å². The third kappa shape index (κ3) is 2.94. The van der Waals surface area contributed by atoms with E-state index in [9.17, 15) is 9.59 Å². The molecule has 0 spiro atoms. The monoisotopic (exact) mass is 314 g/mol. The Kier molecular flexibility index (Phi) is 3.85. The molecule has 7 nitrogen and oxygen atoms in total. The lowest BCUT2D eigenvalue weighted by Gasteiger charge is -2.31. The molecule has 2 heterocycles. The number of fused-ring (bicyclic) bond motifs is 1. The fraction of sp³-hybridized carbons (Fsp3) is 0.375. The summed E-state index contributed by atoms with van der Waals surface area (Å²) in [5.41, 5.74) is 4.32. The average Bonchev–Trinajstić information content (AvgIpc) is 2.95. The van der Waals surface area contributed by atoms with E-state index in [2.05, 4.69) is 23.3 Å². The second kappa shape index (κ2) is 5.83. The van der Waals surface area contributed by atoms with E-state index in [1.54, 1.807) is 4.90 Å². The van der Waals surface area contributed by atoms with Crippen LogP contribution in [0.3, 0.4) is 0 Å². The summed E-state index contributed by atoms with van der Waals surface area (Å²) in [4.78, 5) is 25.2. The number of carbonyl (C=O) groups is 2. The molecule has 1 aliphatic heterocycles. The van der Waals surface area contributed by atoms with Gasteiger partial charge in [0.25, 0.3) is 0 Å². The van der Waals surface area contributed by atoms with E-state index in [-0.39, 0.29) is 18.1 Å². The Balaban J connectivity index is 1.85. The van der Waals surface area contributed by atoms with Crippen LogP contribution in [0.2, 0.25) is 0 Å². The predicted molar refractivity (Wildman–Crippen MR) is 83.6 cm³/mol. The number of aromatic carboxylic acids is 1. The minimum absolute atomic E-state index is 0.0211. The van der Waals surface area contributed by atoms with Gasteiger partial charge in [0.05, 0.1) is 6.20 Å². The average molecular weight is 314 g/mol. The number of hydrogen-bond donors (Lipinski definition) is 1. The molecule has 0 saturated carbocycles. The number of anilines is 1. The van der Waals surface area contributed by atoms with Gasteiger partial charge < -0.3 is 10.0 Å². The zero-order valence-corrected chi connectivity index (χ0v) is 13.1. The molecule has 0 bridgehead atoms. The van der Waals surface area contributed by atoms with Crippen molar-refractivity contribution in [1.29, 1.82) is 0 Å². The number of benzene rings is 1. The van der Waals surface area contributed by atoms with Crippen molar-refractivity contribution in [3.63, 3.8) is 0 Å². The summed E-state index contributed by atoms with van der Waals surface area (Å²) in [7, 11) is 0. The predicted octanol–water partition coefficient (Wildman–Crippen LogP) is 1.57. The zero-order chi connectivity index (χ0) is 16.6. The molecule has 23 heavy (non-hydrogen) atoms. The highest BCUT2D eigenvalue weighted by Gasteiger charge is 2.24. The molecule has 1 aliphatic rings. The van der Waals surface area contributed by atoms with Gasteiger partial charge >= 0.3 is 5.97 Å². The van der Waals surface area contributed by atoms with Crippen molar-refractivity contribution in [2.24, 2.45) is 0 Å². The van der Waals surface area contributed by atoms with Crippen molar-refractivity contribution in [2.75, 3.05) is 11.4 Å². The Bertz CT molecular complexity index is 782. The molecular weight excluding hydrogens is 296 g/mol. The number of nitrogens with zero attached hydrogens (tertiary/aromatic N) is 4. The fourth-order valence-corrected chi connectivity index (χ4v) is 3.03. The van der Waals surface area contributed by atoms with Gasteiger partial charge in [-0.25, -0.2) is 9.48 Å². The van der Waals surface area contributed by atoms with Crippen LogP contribution in [0.4, 0.5) is 5.69 Å². The highest BCUT2D eigenvalue weighted by molar-refractivity contribution is 5.95. The Hall–Kier alpha value is -2.70. The van der Waals surface area contributed by atoms with Gasteiger partial charge in [0.2, 0.25) is 5.91 Å². The molecule has 1 N–H and O–H groups in total. The Morgan fingerprint density at radius 2 is 2.09 bits per heavy atom. The molecule has 0 unspecified atom stereocenters. The van der Waals surface area contributed by atoms with E-state index in [0.717, 1.165) is 24.1 Å². The zero-order valence-electron chi connectivity index (χ0n) is 13.1. The Labute approximate surface area is 133 Å². The second-order valence-corrected chi connectivity index (χ2v) is 5.83. The van der Waals surface area contributed by atoms with Gasteiger partial charge in [-0.1, -0.05) is 11.3 Å². The lowest BCUT2D eigenvalue weighted by Crippen LogP contribution is -2.38. The van der Waals surface area contributed by atoms with E-state index < -0.39 is 5.97 Å². The van der Waals surface area contributed by atoms with E-state index >= 15 is 0 Å². The van der Waals surface area contributed by atoms with Crippen LogP contribution in [-0.4, -0.2) is 38.5 Å². The largest absolute Gasteiger partial charge is 0.476 e.